The van der Waals surface area contributed by atoms with Crippen LogP contribution in [0.15, 0.2) is 23.0 Å². The first-order chi connectivity index (χ1) is 11.2. The largest absolute Gasteiger partial charge is 0.366 e. The van der Waals surface area contributed by atoms with Gasteiger partial charge in [0, 0.05) is 5.02 Å². The van der Waals surface area contributed by atoms with Crippen molar-refractivity contribution in [2.24, 2.45) is 0 Å². The zero-order valence-corrected chi connectivity index (χ0v) is 12.6. The Bertz CT molecular complexity index is 991. The van der Waals surface area contributed by atoms with E-state index in [1.54, 1.807) is 6.07 Å². The Morgan fingerprint density at radius 3 is 2.75 bits per heavy atom. The Hall–Kier alpha value is -2.69. The SMILES string of the molecule is O=C1NC(=O)C2(O)Nn3c(nc4ccc(Cl)cc4c3=O)CC2(O)N1. The van der Waals surface area contributed by atoms with Gasteiger partial charge in [0.25, 0.3) is 17.2 Å². The maximum atomic E-state index is 12.6. The van der Waals surface area contributed by atoms with Crippen molar-refractivity contribution in [2.45, 2.75) is 17.9 Å². The number of hydrogen-bond acceptors (Lipinski definition) is 7. The molecule has 124 valence electrons. The summed E-state index contributed by atoms with van der Waals surface area (Å²) in [5, 5.41) is 25.5. The molecule has 11 heteroatoms. The number of hydrogen-bond donors (Lipinski definition) is 5. The van der Waals surface area contributed by atoms with Gasteiger partial charge in [-0.25, -0.2) is 14.5 Å². The first kappa shape index (κ1) is 14.9. The molecule has 1 aromatic carbocycles. The molecule has 0 radical (unpaired) electrons. The summed E-state index contributed by atoms with van der Waals surface area (Å²) in [6.45, 7) is 0. The Kier molecular flexibility index (Phi) is 2.75. The molecule has 2 aliphatic heterocycles. The van der Waals surface area contributed by atoms with Crippen LogP contribution in [0.3, 0.4) is 0 Å². The molecule has 2 aliphatic rings. The quantitative estimate of drug-likeness (QED) is 0.383. The highest BCUT2D eigenvalue weighted by atomic mass is 35.5. The van der Waals surface area contributed by atoms with Crippen LogP contribution in [0.2, 0.25) is 5.02 Å². The van der Waals surface area contributed by atoms with Crippen LogP contribution < -0.4 is 21.6 Å². The number of amides is 3. The van der Waals surface area contributed by atoms with Gasteiger partial charge in [-0.05, 0) is 18.2 Å². The van der Waals surface area contributed by atoms with E-state index in [1.165, 1.54) is 12.1 Å². The standard InChI is InChI=1S/C13H10ClN5O5/c14-5-1-2-7-6(3-5)9(20)19-8(15-7)4-12(23)13(24,18-19)10(21)16-11(22)17-12/h1-3,18,23-24H,4H2,(H2,16,17,21,22). The van der Waals surface area contributed by atoms with E-state index in [-0.39, 0.29) is 11.2 Å². The molecule has 5 N–H and O–H groups in total. The van der Waals surface area contributed by atoms with E-state index in [1.807, 2.05) is 5.32 Å². The lowest BCUT2D eigenvalue weighted by atomic mass is 9.91. The van der Waals surface area contributed by atoms with E-state index >= 15 is 0 Å². The maximum absolute atomic E-state index is 12.6. The van der Waals surface area contributed by atoms with Gasteiger partial charge in [-0.15, -0.1) is 0 Å². The van der Waals surface area contributed by atoms with E-state index in [0.29, 0.717) is 10.5 Å². The topological polar surface area (TPSA) is 146 Å². The van der Waals surface area contributed by atoms with Crippen LogP contribution in [0, 0.1) is 0 Å². The van der Waals surface area contributed by atoms with Crippen LogP contribution in [0.25, 0.3) is 10.9 Å². The van der Waals surface area contributed by atoms with Gasteiger partial charge in [-0.3, -0.25) is 20.3 Å². The number of aliphatic hydroxyl groups is 2. The predicted octanol–water partition coefficient (Wildman–Crippen LogP) is -1.63. The molecule has 3 heterocycles. The van der Waals surface area contributed by atoms with Crippen molar-refractivity contribution >= 4 is 34.4 Å². The van der Waals surface area contributed by atoms with Crippen molar-refractivity contribution in [1.82, 2.24) is 20.3 Å². The maximum Gasteiger partial charge on any atom is 0.323 e. The molecule has 0 bridgehead atoms. The number of aromatic nitrogens is 2. The summed E-state index contributed by atoms with van der Waals surface area (Å²) in [6.07, 6.45) is -0.469. The number of imide groups is 1. The highest BCUT2D eigenvalue weighted by Gasteiger charge is 2.63. The van der Waals surface area contributed by atoms with Crippen molar-refractivity contribution in [3.63, 3.8) is 0 Å². The predicted molar refractivity (Wildman–Crippen MR) is 80.7 cm³/mol. The van der Waals surface area contributed by atoms with Crippen molar-refractivity contribution in [2.75, 3.05) is 5.43 Å². The summed E-state index contributed by atoms with van der Waals surface area (Å²) in [7, 11) is 0. The molecule has 0 saturated carbocycles. The molecule has 1 fully saturated rings. The second kappa shape index (κ2) is 4.44. The van der Waals surface area contributed by atoms with Crippen molar-refractivity contribution in [3.05, 3.63) is 39.4 Å². The molecule has 2 unspecified atom stereocenters. The van der Waals surface area contributed by atoms with E-state index in [9.17, 15) is 24.6 Å². The Morgan fingerprint density at radius 2 is 2.00 bits per heavy atom. The molecule has 1 aromatic heterocycles. The van der Waals surface area contributed by atoms with Crippen LogP contribution in [0.1, 0.15) is 5.82 Å². The van der Waals surface area contributed by atoms with Crippen LogP contribution in [0.5, 0.6) is 0 Å². The number of benzene rings is 1. The number of halogens is 1. The summed E-state index contributed by atoms with van der Waals surface area (Å²) in [5.74, 6) is -1.17. The second-order valence-corrected chi connectivity index (χ2v) is 6.03. The molecule has 0 spiro atoms. The van der Waals surface area contributed by atoms with Crippen molar-refractivity contribution in [3.8, 4) is 0 Å². The average molecular weight is 352 g/mol. The minimum atomic E-state index is -2.65. The van der Waals surface area contributed by atoms with Crippen molar-refractivity contribution < 1.29 is 19.8 Å². The summed E-state index contributed by atoms with van der Waals surface area (Å²) in [5.41, 5.74) is -3.07. The number of fused-ring (bicyclic) bond motifs is 3. The lowest BCUT2D eigenvalue weighted by molar-refractivity contribution is -0.186. The first-order valence-corrected chi connectivity index (χ1v) is 7.19. The van der Waals surface area contributed by atoms with Crippen LogP contribution in [-0.4, -0.2) is 43.3 Å². The monoisotopic (exact) mass is 351 g/mol. The molecule has 2 aromatic rings. The number of nitrogens with zero attached hydrogens (tertiary/aromatic N) is 2. The second-order valence-electron chi connectivity index (χ2n) is 5.60. The first-order valence-electron chi connectivity index (χ1n) is 6.81. The smallest absolute Gasteiger partial charge is 0.323 e. The van der Waals surface area contributed by atoms with Gasteiger partial charge in [-0.2, -0.15) is 0 Å². The van der Waals surface area contributed by atoms with Gasteiger partial charge in [0.05, 0.1) is 17.3 Å². The van der Waals surface area contributed by atoms with Crippen molar-refractivity contribution in [1.29, 1.82) is 0 Å². The minimum absolute atomic E-state index is 0.0250. The number of nitrogens with one attached hydrogen (secondary N) is 3. The number of urea groups is 1. The van der Waals surface area contributed by atoms with Gasteiger partial charge in [0.2, 0.25) is 5.72 Å². The molecule has 0 aliphatic carbocycles. The normalized spacial score (nSPS) is 28.5. The van der Waals surface area contributed by atoms with Gasteiger partial charge in [-0.1, -0.05) is 11.6 Å². The van der Waals surface area contributed by atoms with Crippen LogP contribution in [0.4, 0.5) is 4.79 Å². The third kappa shape index (κ3) is 1.78. The zero-order chi connectivity index (χ0) is 17.3. The van der Waals surface area contributed by atoms with Crippen LogP contribution >= 0.6 is 11.6 Å². The highest BCUT2D eigenvalue weighted by Crippen LogP contribution is 2.29. The van der Waals surface area contributed by atoms with E-state index in [2.05, 4.69) is 15.7 Å². The third-order valence-electron chi connectivity index (χ3n) is 4.06. The fourth-order valence-corrected chi connectivity index (χ4v) is 3.01. The van der Waals surface area contributed by atoms with Gasteiger partial charge in [0.1, 0.15) is 5.82 Å². The van der Waals surface area contributed by atoms with Gasteiger partial charge in [0.15, 0.2) is 0 Å². The molecule has 24 heavy (non-hydrogen) atoms. The molecular formula is C13H10ClN5O5. The highest BCUT2D eigenvalue weighted by molar-refractivity contribution is 6.31. The number of rotatable bonds is 0. The van der Waals surface area contributed by atoms with Gasteiger partial charge < -0.3 is 15.5 Å². The number of carbonyl (C=O) groups is 2. The lowest BCUT2D eigenvalue weighted by Crippen LogP contribution is -2.83. The molecule has 2 atom stereocenters. The zero-order valence-electron chi connectivity index (χ0n) is 11.8. The Labute approximate surface area is 138 Å². The van der Waals surface area contributed by atoms with Gasteiger partial charge >= 0.3 is 6.03 Å². The Balaban J connectivity index is 1.97. The van der Waals surface area contributed by atoms with E-state index in [0.717, 1.165) is 4.68 Å². The summed E-state index contributed by atoms with van der Waals surface area (Å²) in [4.78, 5) is 40.3. The summed E-state index contributed by atoms with van der Waals surface area (Å²) < 4.78 is 0.851. The average Bonchev–Trinajstić information content (AvgIpc) is 2.49. The molecule has 10 nitrogen and oxygen atoms in total. The van der Waals surface area contributed by atoms with Crippen LogP contribution in [-0.2, 0) is 11.2 Å². The summed E-state index contributed by atoms with van der Waals surface area (Å²) in [6, 6.07) is 3.49. The molecule has 3 amide bonds. The fraction of sp³-hybridized carbons (Fsp3) is 0.231. The summed E-state index contributed by atoms with van der Waals surface area (Å²) >= 11 is 5.88. The number of carbonyl (C=O) groups excluding carboxylic acids is 2. The lowest BCUT2D eigenvalue weighted by Gasteiger charge is -2.48. The van der Waals surface area contributed by atoms with E-state index < -0.39 is 35.4 Å². The molecular weight excluding hydrogens is 342 g/mol. The van der Waals surface area contributed by atoms with E-state index in [4.69, 9.17) is 11.6 Å². The molecule has 4 rings (SSSR count). The third-order valence-corrected chi connectivity index (χ3v) is 4.30. The fourth-order valence-electron chi connectivity index (χ4n) is 2.83. The molecule has 1 saturated heterocycles. The minimum Gasteiger partial charge on any atom is -0.366 e. The Morgan fingerprint density at radius 1 is 1.25 bits per heavy atom.